The molecule has 110 valence electrons. The molecule has 2 aromatic carbocycles. The predicted octanol–water partition coefficient (Wildman–Crippen LogP) is 3.90. The summed E-state index contributed by atoms with van der Waals surface area (Å²) in [5, 5.41) is 3.43. The summed E-state index contributed by atoms with van der Waals surface area (Å²) in [6.45, 7) is 5.99. The Hall–Kier alpha value is -1.80. The minimum atomic E-state index is 0.501. The van der Waals surface area contributed by atoms with Gasteiger partial charge in [-0.2, -0.15) is 0 Å². The first-order valence-electron chi connectivity index (χ1n) is 7.75. The van der Waals surface area contributed by atoms with Crippen LogP contribution in [0.15, 0.2) is 48.5 Å². The Morgan fingerprint density at radius 3 is 2.81 bits per heavy atom. The van der Waals surface area contributed by atoms with E-state index >= 15 is 0 Å². The van der Waals surface area contributed by atoms with Crippen molar-refractivity contribution in [1.82, 2.24) is 5.32 Å². The van der Waals surface area contributed by atoms with E-state index in [0.717, 1.165) is 25.3 Å². The number of hydrogen-bond acceptors (Lipinski definition) is 2. The predicted molar refractivity (Wildman–Crippen MR) is 86.8 cm³/mol. The van der Waals surface area contributed by atoms with Gasteiger partial charge in [-0.3, -0.25) is 0 Å². The van der Waals surface area contributed by atoms with Crippen molar-refractivity contribution < 1.29 is 4.74 Å². The maximum Gasteiger partial charge on any atom is 0.119 e. The molecule has 0 saturated heterocycles. The molecular weight excluding hydrogens is 258 g/mol. The second kappa shape index (κ2) is 6.31. The highest BCUT2D eigenvalue weighted by Gasteiger charge is 2.25. The molecule has 21 heavy (non-hydrogen) atoms. The average molecular weight is 281 g/mol. The smallest absolute Gasteiger partial charge is 0.119 e. The molecule has 1 atom stereocenters. The summed E-state index contributed by atoms with van der Waals surface area (Å²) < 4.78 is 5.99. The van der Waals surface area contributed by atoms with E-state index in [-0.39, 0.29) is 0 Å². The second-order valence-corrected chi connectivity index (χ2v) is 6.09. The molecule has 0 bridgehead atoms. The van der Waals surface area contributed by atoms with E-state index in [9.17, 15) is 0 Å². The SMILES string of the molecule is CC(C)NCc1cccc(OCC2Cc3ccccc32)c1. The van der Waals surface area contributed by atoms with Crippen molar-refractivity contribution in [2.24, 2.45) is 0 Å². The van der Waals surface area contributed by atoms with E-state index in [1.165, 1.54) is 16.7 Å². The highest BCUT2D eigenvalue weighted by Crippen LogP contribution is 2.35. The van der Waals surface area contributed by atoms with E-state index < -0.39 is 0 Å². The Morgan fingerprint density at radius 2 is 2.00 bits per heavy atom. The summed E-state index contributed by atoms with van der Waals surface area (Å²) >= 11 is 0. The fourth-order valence-corrected chi connectivity index (χ4v) is 2.78. The van der Waals surface area contributed by atoms with E-state index in [2.05, 4.69) is 61.6 Å². The molecule has 0 heterocycles. The lowest BCUT2D eigenvalue weighted by atomic mass is 9.78. The van der Waals surface area contributed by atoms with Gasteiger partial charge in [-0.1, -0.05) is 50.2 Å². The van der Waals surface area contributed by atoms with E-state index in [1.54, 1.807) is 0 Å². The van der Waals surface area contributed by atoms with Crippen molar-refractivity contribution in [2.75, 3.05) is 6.61 Å². The van der Waals surface area contributed by atoms with Crippen LogP contribution in [0.1, 0.15) is 36.5 Å². The van der Waals surface area contributed by atoms with Crippen LogP contribution in [0, 0.1) is 0 Å². The summed E-state index contributed by atoms with van der Waals surface area (Å²) in [6.07, 6.45) is 1.14. The first-order chi connectivity index (χ1) is 10.2. The van der Waals surface area contributed by atoms with E-state index in [0.29, 0.717) is 12.0 Å². The Kier molecular flexibility index (Phi) is 4.26. The topological polar surface area (TPSA) is 21.3 Å². The third-order valence-corrected chi connectivity index (χ3v) is 4.03. The van der Waals surface area contributed by atoms with Gasteiger partial charge in [-0.15, -0.1) is 0 Å². The third-order valence-electron chi connectivity index (χ3n) is 4.03. The first kappa shape index (κ1) is 14.2. The van der Waals surface area contributed by atoms with Crippen LogP contribution < -0.4 is 10.1 Å². The van der Waals surface area contributed by atoms with Gasteiger partial charge in [-0.05, 0) is 35.2 Å². The summed E-state index contributed by atoms with van der Waals surface area (Å²) in [5.74, 6) is 1.53. The molecule has 1 aliphatic carbocycles. The number of rotatable bonds is 6. The average Bonchev–Trinajstić information content (AvgIpc) is 2.46. The van der Waals surface area contributed by atoms with Crippen LogP contribution in [-0.4, -0.2) is 12.6 Å². The molecule has 0 aliphatic heterocycles. The van der Waals surface area contributed by atoms with Crippen molar-refractivity contribution in [3.63, 3.8) is 0 Å². The minimum Gasteiger partial charge on any atom is -0.493 e. The molecular formula is C19H23NO. The largest absolute Gasteiger partial charge is 0.493 e. The van der Waals surface area contributed by atoms with Gasteiger partial charge >= 0.3 is 0 Å². The van der Waals surface area contributed by atoms with Gasteiger partial charge in [0, 0.05) is 18.5 Å². The summed E-state index contributed by atoms with van der Waals surface area (Å²) in [7, 11) is 0. The maximum absolute atomic E-state index is 5.99. The number of benzene rings is 2. The van der Waals surface area contributed by atoms with Gasteiger partial charge in [0.15, 0.2) is 0 Å². The molecule has 2 aromatic rings. The molecule has 0 aromatic heterocycles. The molecule has 3 rings (SSSR count). The van der Waals surface area contributed by atoms with Crippen molar-refractivity contribution >= 4 is 0 Å². The monoisotopic (exact) mass is 281 g/mol. The van der Waals surface area contributed by atoms with Crippen LogP contribution in [0.2, 0.25) is 0 Å². The Bertz CT molecular complexity index is 606. The molecule has 2 heteroatoms. The fraction of sp³-hybridized carbons (Fsp3) is 0.368. The van der Waals surface area contributed by atoms with E-state index in [1.807, 2.05) is 6.07 Å². The molecule has 1 unspecified atom stereocenters. The van der Waals surface area contributed by atoms with Crippen molar-refractivity contribution in [3.8, 4) is 5.75 Å². The number of nitrogens with one attached hydrogen (secondary N) is 1. The van der Waals surface area contributed by atoms with Gasteiger partial charge in [0.05, 0.1) is 6.61 Å². The van der Waals surface area contributed by atoms with Gasteiger partial charge in [0.2, 0.25) is 0 Å². The molecule has 2 nitrogen and oxygen atoms in total. The molecule has 0 spiro atoms. The molecule has 1 aliphatic rings. The summed E-state index contributed by atoms with van der Waals surface area (Å²) in [5.41, 5.74) is 4.20. The van der Waals surface area contributed by atoms with Crippen LogP contribution in [-0.2, 0) is 13.0 Å². The lowest BCUT2D eigenvalue weighted by molar-refractivity contribution is 0.275. The molecule has 0 fully saturated rings. The zero-order valence-electron chi connectivity index (χ0n) is 12.8. The Balaban J connectivity index is 1.55. The van der Waals surface area contributed by atoms with Crippen LogP contribution in [0.25, 0.3) is 0 Å². The lowest BCUT2D eigenvalue weighted by Gasteiger charge is -2.29. The van der Waals surface area contributed by atoms with Gasteiger partial charge < -0.3 is 10.1 Å². The number of hydrogen-bond donors (Lipinski definition) is 1. The highest BCUT2D eigenvalue weighted by molar-refractivity contribution is 5.40. The highest BCUT2D eigenvalue weighted by atomic mass is 16.5. The zero-order chi connectivity index (χ0) is 14.7. The van der Waals surface area contributed by atoms with Crippen LogP contribution in [0.3, 0.4) is 0 Å². The minimum absolute atomic E-state index is 0.501. The third kappa shape index (κ3) is 3.45. The Morgan fingerprint density at radius 1 is 1.14 bits per heavy atom. The number of fused-ring (bicyclic) bond motifs is 1. The van der Waals surface area contributed by atoms with E-state index in [4.69, 9.17) is 4.74 Å². The van der Waals surface area contributed by atoms with Crippen LogP contribution >= 0.6 is 0 Å². The molecule has 0 saturated carbocycles. The number of ether oxygens (including phenoxy) is 1. The maximum atomic E-state index is 5.99. The first-order valence-corrected chi connectivity index (χ1v) is 7.75. The second-order valence-electron chi connectivity index (χ2n) is 6.09. The molecule has 0 amide bonds. The summed E-state index contributed by atoms with van der Waals surface area (Å²) in [6, 6.07) is 17.6. The zero-order valence-corrected chi connectivity index (χ0v) is 12.8. The van der Waals surface area contributed by atoms with Crippen LogP contribution in [0.4, 0.5) is 0 Å². The fourth-order valence-electron chi connectivity index (χ4n) is 2.78. The lowest BCUT2D eigenvalue weighted by Crippen LogP contribution is -2.23. The van der Waals surface area contributed by atoms with Crippen molar-refractivity contribution in [2.45, 2.75) is 38.8 Å². The summed E-state index contributed by atoms with van der Waals surface area (Å²) in [4.78, 5) is 0. The van der Waals surface area contributed by atoms with Crippen molar-refractivity contribution in [3.05, 3.63) is 65.2 Å². The van der Waals surface area contributed by atoms with Crippen LogP contribution in [0.5, 0.6) is 5.75 Å². The standard InChI is InChI=1S/C19H23NO/c1-14(2)20-12-15-6-5-8-18(10-15)21-13-17-11-16-7-3-4-9-19(16)17/h3-10,14,17,20H,11-13H2,1-2H3. The van der Waals surface area contributed by atoms with Gasteiger partial charge in [-0.25, -0.2) is 0 Å². The quantitative estimate of drug-likeness (QED) is 0.867. The van der Waals surface area contributed by atoms with Gasteiger partial charge in [0.25, 0.3) is 0 Å². The molecule has 0 radical (unpaired) electrons. The van der Waals surface area contributed by atoms with Gasteiger partial charge in [0.1, 0.15) is 5.75 Å². The molecule has 1 N–H and O–H groups in total. The Labute approximate surface area is 127 Å². The van der Waals surface area contributed by atoms with Crippen molar-refractivity contribution in [1.29, 1.82) is 0 Å². The normalized spacial score (nSPS) is 16.4.